The van der Waals surface area contributed by atoms with E-state index in [2.05, 4.69) is 0 Å². The Balaban J connectivity index is 2.63. The first kappa shape index (κ1) is 12.2. The molecule has 0 atom stereocenters. The zero-order valence-electron chi connectivity index (χ0n) is 9.08. The minimum atomic E-state index is -4.01. The summed E-state index contributed by atoms with van der Waals surface area (Å²) >= 11 is 0. The largest absolute Gasteiger partial charge is 0.478 e. The molecule has 8 heteroatoms. The fourth-order valence-electron chi connectivity index (χ4n) is 1.65. The molecule has 1 heterocycles. The van der Waals surface area contributed by atoms with E-state index < -0.39 is 27.8 Å². The lowest BCUT2D eigenvalue weighted by Gasteiger charge is -2.09. The number of carbonyl (C=O) groups excluding carboxylic acids is 2. The third-order valence-corrected chi connectivity index (χ3v) is 3.42. The van der Waals surface area contributed by atoms with Crippen LogP contribution >= 0.6 is 0 Å². The van der Waals surface area contributed by atoms with Gasteiger partial charge in [0.05, 0.1) is 22.9 Å². The molecule has 18 heavy (non-hydrogen) atoms. The molecule has 1 N–H and O–H groups in total. The number of hydrogen-bond acceptors (Lipinski definition) is 5. The first-order valence-corrected chi connectivity index (χ1v) is 6.54. The van der Waals surface area contributed by atoms with Gasteiger partial charge >= 0.3 is 5.97 Å². The van der Waals surface area contributed by atoms with Crippen LogP contribution < -0.4 is 0 Å². The van der Waals surface area contributed by atoms with Crippen LogP contribution in [0.25, 0.3) is 0 Å². The van der Waals surface area contributed by atoms with Gasteiger partial charge in [0.15, 0.2) is 0 Å². The number of rotatable bonds is 2. The molecular formula is C10H7NO6S. The molecule has 1 aliphatic rings. The van der Waals surface area contributed by atoms with Crippen molar-refractivity contribution in [3.63, 3.8) is 0 Å². The molecule has 0 aromatic heterocycles. The van der Waals surface area contributed by atoms with Crippen LogP contribution in [0.4, 0.5) is 0 Å². The smallest absolute Gasteiger partial charge is 0.335 e. The zero-order valence-corrected chi connectivity index (χ0v) is 9.89. The molecule has 1 aliphatic heterocycles. The molecule has 1 aromatic rings. The second kappa shape index (κ2) is 3.64. The van der Waals surface area contributed by atoms with Gasteiger partial charge in [-0.1, -0.05) is 0 Å². The predicted octanol–water partition coefficient (Wildman–Crippen LogP) is -0.0596. The standard InChI is InChI=1S/C10H7NO6S/c1-18(16,17)11-8(12)6-3-2-5(10(14)15)4-7(6)9(11)13/h2-4H,1H3,(H,14,15). The third kappa shape index (κ3) is 1.66. The molecule has 2 amide bonds. The van der Waals surface area contributed by atoms with Gasteiger partial charge in [-0.05, 0) is 18.2 Å². The average Bonchev–Trinajstić information content (AvgIpc) is 2.50. The average molecular weight is 269 g/mol. The van der Waals surface area contributed by atoms with E-state index in [9.17, 15) is 22.8 Å². The van der Waals surface area contributed by atoms with Gasteiger partial charge in [0.2, 0.25) is 10.0 Å². The van der Waals surface area contributed by atoms with Crippen molar-refractivity contribution in [2.24, 2.45) is 0 Å². The number of benzene rings is 1. The summed E-state index contributed by atoms with van der Waals surface area (Å²) in [6.45, 7) is 0. The van der Waals surface area contributed by atoms with Crippen molar-refractivity contribution in [2.75, 3.05) is 6.26 Å². The van der Waals surface area contributed by atoms with E-state index in [1.54, 1.807) is 0 Å². The van der Waals surface area contributed by atoms with Gasteiger partial charge in [-0.25, -0.2) is 13.2 Å². The lowest BCUT2D eigenvalue weighted by Crippen LogP contribution is -2.35. The van der Waals surface area contributed by atoms with Crippen LogP contribution in [0.3, 0.4) is 0 Å². The molecule has 7 nitrogen and oxygen atoms in total. The van der Waals surface area contributed by atoms with E-state index in [4.69, 9.17) is 5.11 Å². The molecule has 0 radical (unpaired) electrons. The Kier molecular flexibility index (Phi) is 2.47. The van der Waals surface area contributed by atoms with Crippen molar-refractivity contribution in [1.82, 2.24) is 4.31 Å². The van der Waals surface area contributed by atoms with Gasteiger partial charge < -0.3 is 5.11 Å². The van der Waals surface area contributed by atoms with Crippen molar-refractivity contribution < 1.29 is 27.9 Å². The highest BCUT2D eigenvalue weighted by Crippen LogP contribution is 2.25. The molecule has 2 rings (SSSR count). The Labute approximate surface area is 102 Å². The zero-order chi connectivity index (χ0) is 13.7. The van der Waals surface area contributed by atoms with Crippen molar-refractivity contribution in [3.05, 3.63) is 34.9 Å². The Morgan fingerprint density at radius 1 is 1.17 bits per heavy atom. The summed E-state index contributed by atoms with van der Waals surface area (Å²) in [6, 6.07) is 3.26. The Morgan fingerprint density at radius 2 is 1.72 bits per heavy atom. The topological polar surface area (TPSA) is 109 Å². The van der Waals surface area contributed by atoms with Crippen LogP contribution in [0.5, 0.6) is 0 Å². The minimum absolute atomic E-state index is 0.115. The predicted molar refractivity (Wildman–Crippen MR) is 58.7 cm³/mol. The van der Waals surface area contributed by atoms with Gasteiger partial charge in [-0.3, -0.25) is 9.59 Å². The monoisotopic (exact) mass is 269 g/mol. The quantitative estimate of drug-likeness (QED) is 0.753. The highest BCUT2D eigenvalue weighted by atomic mass is 32.2. The maximum Gasteiger partial charge on any atom is 0.335 e. The van der Waals surface area contributed by atoms with Crippen molar-refractivity contribution in [2.45, 2.75) is 0 Å². The maximum atomic E-state index is 11.8. The SMILES string of the molecule is CS(=O)(=O)N1C(=O)c2ccc(C(=O)O)cc2C1=O. The summed E-state index contributed by atoms with van der Waals surface area (Å²) in [4.78, 5) is 34.2. The van der Waals surface area contributed by atoms with Crippen LogP contribution in [0.2, 0.25) is 0 Å². The van der Waals surface area contributed by atoms with Gasteiger partial charge in [0.1, 0.15) is 0 Å². The fourth-order valence-corrected chi connectivity index (χ4v) is 2.45. The maximum absolute atomic E-state index is 11.8. The number of carbonyl (C=O) groups is 3. The van der Waals surface area contributed by atoms with E-state index in [0.29, 0.717) is 0 Å². The van der Waals surface area contributed by atoms with E-state index in [1.165, 1.54) is 0 Å². The number of hydrogen-bond donors (Lipinski definition) is 1. The lowest BCUT2D eigenvalue weighted by molar-refractivity contribution is 0.0695. The van der Waals surface area contributed by atoms with Gasteiger partial charge in [0, 0.05) is 0 Å². The van der Waals surface area contributed by atoms with Gasteiger partial charge in [0.25, 0.3) is 11.8 Å². The molecule has 94 valence electrons. The number of carboxylic acid groups (broad SMARTS) is 1. The summed E-state index contributed by atoms with van der Waals surface area (Å²) in [5.41, 5.74) is -0.522. The Bertz CT molecular complexity index is 690. The van der Waals surface area contributed by atoms with Gasteiger partial charge in [-0.2, -0.15) is 4.31 Å². The van der Waals surface area contributed by atoms with E-state index >= 15 is 0 Å². The van der Waals surface area contributed by atoms with Crippen molar-refractivity contribution in [3.8, 4) is 0 Å². The Hall–Kier alpha value is -2.22. The number of carboxylic acids is 1. The number of fused-ring (bicyclic) bond motifs is 1. The van der Waals surface area contributed by atoms with Crippen LogP contribution in [0.1, 0.15) is 31.1 Å². The van der Waals surface area contributed by atoms with Crippen LogP contribution in [0.15, 0.2) is 18.2 Å². The summed E-state index contributed by atoms with van der Waals surface area (Å²) in [5.74, 6) is -3.26. The van der Waals surface area contributed by atoms with E-state index in [-0.39, 0.29) is 21.0 Å². The summed E-state index contributed by atoms with van der Waals surface area (Å²) in [6.07, 6.45) is 0.729. The summed E-state index contributed by atoms with van der Waals surface area (Å²) < 4.78 is 22.7. The second-order valence-electron chi connectivity index (χ2n) is 3.70. The van der Waals surface area contributed by atoms with Crippen molar-refractivity contribution in [1.29, 1.82) is 0 Å². The molecule has 0 fully saturated rings. The van der Waals surface area contributed by atoms with Gasteiger partial charge in [-0.15, -0.1) is 0 Å². The number of aromatic carboxylic acids is 1. The molecule has 0 saturated carbocycles. The van der Waals surface area contributed by atoms with E-state index in [1.807, 2.05) is 0 Å². The number of amides is 2. The molecule has 0 spiro atoms. The van der Waals surface area contributed by atoms with Crippen molar-refractivity contribution >= 4 is 27.8 Å². The molecule has 0 saturated heterocycles. The first-order valence-electron chi connectivity index (χ1n) is 4.70. The molecule has 0 bridgehead atoms. The highest BCUT2D eigenvalue weighted by Gasteiger charge is 2.41. The highest BCUT2D eigenvalue weighted by molar-refractivity contribution is 7.89. The number of imide groups is 1. The molecular weight excluding hydrogens is 262 g/mol. The summed E-state index contributed by atoms with van der Waals surface area (Å²) in [7, 11) is -4.01. The molecule has 0 aliphatic carbocycles. The van der Waals surface area contributed by atoms with Crippen LogP contribution in [-0.2, 0) is 10.0 Å². The van der Waals surface area contributed by atoms with E-state index in [0.717, 1.165) is 24.5 Å². The van der Waals surface area contributed by atoms with Crippen LogP contribution in [-0.4, -0.2) is 41.9 Å². The first-order chi connectivity index (χ1) is 8.23. The normalized spacial score (nSPS) is 14.8. The number of nitrogens with zero attached hydrogens (tertiary/aromatic N) is 1. The summed E-state index contributed by atoms with van der Waals surface area (Å²) in [5, 5.41) is 8.77. The second-order valence-corrected chi connectivity index (χ2v) is 5.53. The van der Waals surface area contributed by atoms with Crippen LogP contribution in [0, 0.1) is 0 Å². The third-order valence-electron chi connectivity index (χ3n) is 2.43. The fraction of sp³-hybridized carbons (Fsp3) is 0.100. The minimum Gasteiger partial charge on any atom is -0.478 e. The molecule has 1 aromatic carbocycles. The lowest BCUT2D eigenvalue weighted by atomic mass is 10.1. The number of sulfonamides is 1. The molecule has 0 unspecified atom stereocenters. The Morgan fingerprint density at radius 3 is 2.22 bits per heavy atom.